The van der Waals surface area contributed by atoms with Gasteiger partial charge in [0.1, 0.15) is 0 Å². The van der Waals surface area contributed by atoms with E-state index in [1.165, 1.54) is 12.1 Å². The Balaban J connectivity index is 3.37. The molecule has 0 radical (unpaired) electrons. The molecule has 84 valence electrons. The van der Waals surface area contributed by atoms with Crippen LogP contribution in [0.5, 0.6) is 0 Å². The lowest BCUT2D eigenvalue weighted by molar-refractivity contribution is -0.385. The van der Waals surface area contributed by atoms with E-state index in [1.54, 1.807) is 13.0 Å². The van der Waals surface area contributed by atoms with Gasteiger partial charge < -0.3 is 5.11 Å². The first kappa shape index (κ1) is 12.4. The molecule has 1 aromatic carbocycles. The van der Waals surface area contributed by atoms with Crippen LogP contribution in [-0.4, -0.2) is 16.0 Å². The quantitative estimate of drug-likeness (QED) is 0.526. The van der Waals surface area contributed by atoms with Crippen molar-refractivity contribution in [2.75, 3.05) is 0 Å². The molecule has 0 amide bonds. The molecule has 1 rings (SSSR count). The van der Waals surface area contributed by atoms with Crippen LogP contribution in [0.25, 0.3) is 6.08 Å². The zero-order valence-electron chi connectivity index (χ0n) is 8.31. The summed E-state index contributed by atoms with van der Waals surface area (Å²) in [5.74, 6) is -1.15. The second-order valence-corrected chi connectivity index (χ2v) is 3.85. The summed E-state index contributed by atoms with van der Waals surface area (Å²) in [6.45, 7) is 1.77. The summed E-state index contributed by atoms with van der Waals surface area (Å²) in [5.41, 5.74) is 0.929. The Morgan fingerprint density at radius 1 is 1.56 bits per heavy atom. The second-order valence-electron chi connectivity index (χ2n) is 3.06. The van der Waals surface area contributed by atoms with Crippen molar-refractivity contribution in [3.05, 3.63) is 43.9 Å². The van der Waals surface area contributed by atoms with Crippen molar-refractivity contribution >= 4 is 33.7 Å². The Labute approximate surface area is 99.7 Å². The number of hydrogen-bond donors (Lipinski definition) is 1. The number of nitro benzene ring substituents is 1. The minimum atomic E-state index is -1.15. The van der Waals surface area contributed by atoms with Crippen LogP contribution < -0.4 is 0 Å². The highest BCUT2D eigenvalue weighted by molar-refractivity contribution is 9.10. The molecule has 6 heteroatoms. The maximum atomic E-state index is 10.7. The van der Waals surface area contributed by atoms with Crippen LogP contribution in [0.4, 0.5) is 5.69 Å². The van der Waals surface area contributed by atoms with E-state index in [-0.39, 0.29) is 11.3 Å². The van der Waals surface area contributed by atoms with Gasteiger partial charge in [0.15, 0.2) is 0 Å². The minimum absolute atomic E-state index is 0.130. The summed E-state index contributed by atoms with van der Waals surface area (Å²) in [6, 6.07) is 2.95. The molecule has 0 saturated carbocycles. The summed E-state index contributed by atoms with van der Waals surface area (Å²) in [4.78, 5) is 20.6. The zero-order chi connectivity index (χ0) is 12.3. The summed E-state index contributed by atoms with van der Waals surface area (Å²) in [5, 5.41) is 19.2. The summed E-state index contributed by atoms with van der Waals surface area (Å²) in [7, 11) is 0. The SMILES string of the molecule is Cc1ccc([N+](=O)[O-])c(/C=C/C(=O)O)c1Br. The number of carboxylic acids is 1. The van der Waals surface area contributed by atoms with Gasteiger partial charge in [0.2, 0.25) is 0 Å². The molecule has 0 aliphatic carbocycles. The van der Waals surface area contributed by atoms with Gasteiger partial charge in [-0.25, -0.2) is 4.79 Å². The molecule has 0 atom stereocenters. The Morgan fingerprint density at radius 2 is 2.19 bits per heavy atom. The topological polar surface area (TPSA) is 80.4 Å². The summed E-state index contributed by atoms with van der Waals surface area (Å²) < 4.78 is 0.527. The van der Waals surface area contributed by atoms with E-state index in [9.17, 15) is 14.9 Å². The fraction of sp³-hybridized carbons (Fsp3) is 0.100. The smallest absolute Gasteiger partial charge is 0.328 e. The van der Waals surface area contributed by atoms with E-state index < -0.39 is 10.9 Å². The van der Waals surface area contributed by atoms with Gasteiger partial charge in [-0.3, -0.25) is 10.1 Å². The number of benzene rings is 1. The molecule has 0 fully saturated rings. The van der Waals surface area contributed by atoms with Crippen molar-refractivity contribution in [2.45, 2.75) is 6.92 Å². The lowest BCUT2D eigenvalue weighted by atomic mass is 10.1. The number of carbonyl (C=O) groups is 1. The number of aryl methyl sites for hydroxylation is 1. The molecule has 0 bridgehead atoms. The molecular formula is C10H8BrNO4. The maximum absolute atomic E-state index is 10.7. The van der Waals surface area contributed by atoms with Gasteiger partial charge in [-0.05, 0) is 34.5 Å². The number of hydrogen-bond acceptors (Lipinski definition) is 3. The molecule has 1 aromatic rings. The summed E-state index contributed by atoms with van der Waals surface area (Å²) >= 11 is 3.20. The molecule has 5 nitrogen and oxygen atoms in total. The van der Waals surface area contributed by atoms with Gasteiger partial charge in [0, 0.05) is 16.6 Å². The van der Waals surface area contributed by atoms with Gasteiger partial charge in [-0.1, -0.05) is 6.07 Å². The van der Waals surface area contributed by atoms with Gasteiger partial charge in [0.05, 0.1) is 10.5 Å². The molecular weight excluding hydrogens is 278 g/mol. The van der Waals surface area contributed by atoms with E-state index >= 15 is 0 Å². The van der Waals surface area contributed by atoms with Gasteiger partial charge in [-0.2, -0.15) is 0 Å². The number of carboxylic acid groups (broad SMARTS) is 1. The largest absolute Gasteiger partial charge is 0.478 e. The Morgan fingerprint density at radius 3 is 2.69 bits per heavy atom. The molecule has 0 aliphatic rings. The predicted octanol–water partition coefficient (Wildman–Crippen LogP) is 2.76. The Kier molecular flexibility index (Phi) is 3.78. The highest BCUT2D eigenvalue weighted by Crippen LogP contribution is 2.30. The van der Waals surface area contributed by atoms with Gasteiger partial charge >= 0.3 is 5.97 Å². The maximum Gasteiger partial charge on any atom is 0.328 e. The van der Waals surface area contributed by atoms with Crippen LogP contribution in [0, 0.1) is 17.0 Å². The Bertz CT molecular complexity index is 482. The third kappa shape index (κ3) is 2.66. The first-order chi connectivity index (χ1) is 7.43. The van der Waals surface area contributed by atoms with E-state index in [0.29, 0.717) is 4.47 Å². The number of halogens is 1. The van der Waals surface area contributed by atoms with Crippen LogP contribution in [0.15, 0.2) is 22.7 Å². The fourth-order valence-corrected chi connectivity index (χ4v) is 1.63. The normalized spacial score (nSPS) is 10.6. The first-order valence-corrected chi connectivity index (χ1v) is 5.07. The van der Waals surface area contributed by atoms with Crippen LogP contribution in [-0.2, 0) is 4.79 Å². The van der Waals surface area contributed by atoms with E-state index in [1.807, 2.05) is 0 Å². The van der Waals surface area contributed by atoms with Crippen molar-refractivity contribution in [3.8, 4) is 0 Å². The standard InChI is InChI=1S/C10H8BrNO4/c1-6-2-4-8(12(15)16)7(10(6)11)3-5-9(13)14/h2-5H,1H3,(H,13,14)/b5-3+. The van der Waals surface area contributed by atoms with E-state index in [0.717, 1.165) is 11.6 Å². The molecule has 16 heavy (non-hydrogen) atoms. The van der Waals surface area contributed by atoms with E-state index in [2.05, 4.69) is 15.9 Å². The molecule has 1 N–H and O–H groups in total. The van der Waals surface area contributed by atoms with Crippen molar-refractivity contribution in [3.63, 3.8) is 0 Å². The third-order valence-corrected chi connectivity index (χ3v) is 2.99. The Hall–Kier alpha value is -1.69. The zero-order valence-corrected chi connectivity index (χ0v) is 9.89. The third-order valence-electron chi connectivity index (χ3n) is 1.94. The predicted molar refractivity (Wildman–Crippen MR) is 62.2 cm³/mol. The second kappa shape index (κ2) is 4.89. The van der Waals surface area contributed by atoms with E-state index in [4.69, 9.17) is 5.11 Å². The van der Waals surface area contributed by atoms with Crippen molar-refractivity contribution in [2.24, 2.45) is 0 Å². The minimum Gasteiger partial charge on any atom is -0.478 e. The highest BCUT2D eigenvalue weighted by Gasteiger charge is 2.15. The molecule has 0 aliphatic heterocycles. The van der Waals surface area contributed by atoms with Crippen LogP contribution in [0.3, 0.4) is 0 Å². The molecule has 0 heterocycles. The highest BCUT2D eigenvalue weighted by atomic mass is 79.9. The number of rotatable bonds is 3. The molecule has 0 aromatic heterocycles. The molecule has 0 spiro atoms. The van der Waals surface area contributed by atoms with Crippen LogP contribution >= 0.6 is 15.9 Å². The molecule has 0 saturated heterocycles. The van der Waals surface area contributed by atoms with Crippen molar-refractivity contribution < 1.29 is 14.8 Å². The van der Waals surface area contributed by atoms with Gasteiger partial charge in [-0.15, -0.1) is 0 Å². The number of nitrogens with zero attached hydrogens (tertiary/aromatic N) is 1. The lowest BCUT2D eigenvalue weighted by Gasteiger charge is -2.03. The summed E-state index contributed by atoms with van der Waals surface area (Å²) in [6.07, 6.45) is 2.07. The lowest BCUT2D eigenvalue weighted by Crippen LogP contribution is -1.95. The van der Waals surface area contributed by atoms with Crippen LogP contribution in [0.1, 0.15) is 11.1 Å². The monoisotopic (exact) mass is 285 g/mol. The average Bonchev–Trinajstić information content (AvgIpc) is 2.19. The van der Waals surface area contributed by atoms with Gasteiger partial charge in [0.25, 0.3) is 5.69 Å². The molecule has 0 unspecified atom stereocenters. The number of aliphatic carboxylic acids is 1. The fourth-order valence-electron chi connectivity index (χ4n) is 1.16. The van der Waals surface area contributed by atoms with Crippen molar-refractivity contribution in [1.29, 1.82) is 0 Å². The first-order valence-electron chi connectivity index (χ1n) is 4.28. The number of nitro groups is 1. The van der Waals surface area contributed by atoms with Crippen molar-refractivity contribution in [1.82, 2.24) is 0 Å². The average molecular weight is 286 g/mol. The van der Waals surface area contributed by atoms with Crippen LogP contribution in [0.2, 0.25) is 0 Å².